The molecule has 0 spiro atoms. The summed E-state index contributed by atoms with van der Waals surface area (Å²) in [5.74, 6) is -0.481. The molecular formula is C27H33FN4O3. The number of anilines is 2. The van der Waals surface area contributed by atoms with E-state index in [9.17, 15) is 18.8 Å². The molecule has 2 aromatic carbocycles. The van der Waals surface area contributed by atoms with Crippen LogP contribution in [0.25, 0.3) is 0 Å². The first kappa shape index (κ1) is 24.7. The number of rotatable bonds is 7. The maximum atomic E-state index is 13.3. The third-order valence-electron chi connectivity index (χ3n) is 6.47. The first-order valence-corrected chi connectivity index (χ1v) is 12.3. The summed E-state index contributed by atoms with van der Waals surface area (Å²) in [5.41, 5.74) is 2.56. The Morgan fingerprint density at radius 1 is 1.00 bits per heavy atom. The van der Waals surface area contributed by atoms with E-state index in [2.05, 4.69) is 15.5 Å². The number of nitrogens with one attached hydrogen (secondary N) is 2. The summed E-state index contributed by atoms with van der Waals surface area (Å²) in [6.07, 6.45) is 2.79. The van der Waals surface area contributed by atoms with Crippen molar-refractivity contribution in [3.05, 3.63) is 59.4 Å². The Kier molecular flexibility index (Phi) is 7.68. The van der Waals surface area contributed by atoms with Gasteiger partial charge in [0.2, 0.25) is 11.8 Å². The Morgan fingerprint density at radius 2 is 1.74 bits per heavy atom. The van der Waals surface area contributed by atoms with Gasteiger partial charge in [0.25, 0.3) is 5.91 Å². The van der Waals surface area contributed by atoms with E-state index in [0.29, 0.717) is 24.3 Å². The van der Waals surface area contributed by atoms with Gasteiger partial charge in [-0.3, -0.25) is 14.4 Å². The highest BCUT2D eigenvalue weighted by Gasteiger charge is 2.34. The minimum atomic E-state index is -0.327. The van der Waals surface area contributed by atoms with Gasteiger partial charge >= 0.3 is 0 Å². The molecule has 0 bridgehead atoms. The Labute approximate surface area is 205 Å². The summed E-state index contributed by atoms with van der Waals surface area (Å²) in [6, 6.07) is 11.4. The van der Waals surface area contributed by atoms with E-state index in [1.165, 1.54) is 12.1 Å². The van der Waals surface area contributed by atoms with E-state index in [1.54, 1.807) is 18.2 Å². The molecule has 0 aromatic heterocycles. The van der Waals surface area contributed by atoms with Gasteiger partial charge in [-0.2, -0.15) is 0 Å². The zero-order valence-corrected chi connectivity index (χ0v) is 20.4. The average molecular weight is 481 g/mol. The molecule has 1 aliphatic heterocycles. The molecule has 1 heterocycles. The number of hydrogen-bond donors (Lipinski definition) is 2. The number of halogens is 1. The minimum absolute atomic E-state index is 0.126. The van der Waals surface area contributed by atoms with Crippen LogP contribution < -0.4 is 15.5 Å². The average Bonchev–Trinajstić information content (AvgIpc) is 3.70. The third kappa shape index (κ3) is 6.38. The molecule has 1 aliphatic carbocycles. The molecular weight excluding hydrogens is 447 g/mol. The molecule has 2 fully saturated rings. The normalized spacial score (nSPS) is 16.1. The number of benzene rings is 2. The van der Waals surface area contributed by atoms with Gasteiger partial charge < -0.3 is 20.4 Å². The fourth-order valence-corrected chi connectivity index (χ4v) is 4.21. The number of carbonyl (C=O) groups is 3. The van der Waals surface area contributed by atoms with Crippen LogP contribution in [0.3, 0.4) is 0 Å². The van der Waals surface area contributed by atoms with E-state index in [-0.39, 0.29) is 41.9 Å². The molecule has 1 saturated heterocycles. The molecule has 8 heteroatoms. The van der Waals surface area contributed by atoms with Crippen molar-refractivity contribution in [2.45, 2.75) is 39.7 Å². The molecule has 2 N–H and O–H groups in total. The van der Waals surface area contributed by atoms with Crippen molar-refractivity contribution in [1.82, 2.24) is 10.2 Å². The molecule has 2 aromatic rings. The van der Waals surface area contributed by atoms with Gasteiger partial charge in [-0.15, -0.1) is 0 Å². The van der Waals surface area contributed by atoms with Gasteiger partial charge in [0.05, 0.1) is 5.56 Å². The maximum absolute atomic E-state index is 13.3. The molecule has 0 radical (unpaired) electrons. The fraction of sp³-hybridized carbons (Fsp3) is 0.444. The number of hydrogen-bond acceptors (Lipinski definition) is 4. The number of nitrogens with zero attached hydrogens (tertiary/aromatic N) is 2. The van der Waals surface area contributed by atoms with Crippen molar-refractivity contribution in [3.63, 3.8) is 0 Å². The van der Waals surface area contributed by atoms with Crippen LogP contribution in [0.1, 0.15) is 49.0 Å². The summed E-state index contributed by atoms with van der Waals surface area (Å²) < 4.78 is 13.2. The van der Waals surface area contributed by atoms with Gasteiger partial charge in [-0.1, -0.05) is 26.0 Å². The SMILES string of the molecule is CC(C)C(=O)Nc1ccc(N2CCCN(C(=O)C3CC3)CC2)c(C(=O)NCc2ccc(F)cc2)c1. The summed E-state index contributed by atoms with van der Waals surface area (Å²) in [6.45, 7) is 6.58. The Hall–Kier alpha value is -3.42. The zero-order chi connectivity index (χ0) is 24.9. The van der Waals surface area contributed by atoms with Crippen LogP contribution in [-0.4, -0.2) is 48.8 Å². The van der Waals surface area contributed by atoms with Crippen LogP contribution in [0.4, 0.5) is 15.8 Å². The van der Waals surface area contributed by atoms with E-state index in [1.807, 2.05) is 30.9 Å². The predicted octanol–water partition coefficient (Wildman–Crippen LogP) is 3.80. The van der Waals surface area contributed by atoms with E-state index in [0.717, 1.165) is 43.6 Å². The predicted molar refractivity (Wildman–Crippen MR) is 134 cm³/mol. The second kappa shape index (κ2) is 10.9. The molecule has 4 rings (SSSR count). The highest BCUT2D eigenvalue weighted by molar-refractivity contribution is 6.02. The lowest BCUT2D eigenvalue weighted by Crippen LogP contribution is -2.36. The van der Waals surface area contributed by atoms with Gasteiger partial charge in [-0.05, 0) is 55.2 Å². The smallest absolute Gasteiger partial charge is 0.253 e. The van der Waals surface area contributed by atoms with Crippen molar-refractivity contribution in [3.8, 4) is 0 Å². The molecule has 7 nitrogen and oxygen atoms in total. The van der Waals surface area contributed by atoms with E-state index >= 15 is 0 Å². The fourth-order valence-electron chi connectivity index (χ4n) is 4.21. The van der Waals surface area contributed by atoms with Crippen molar-refractivity contribution >= 4 is 29.1 Å². The van der Waals surface area contributed by atoms with Gasteiger partial charge in [0, 0.05) is 55.9 Å². The van der Waals surface area contributed by atoms with Gasteiger partial charge in [0.15, 0.2) is 0 Å². The summed E-state index contributed by atoms with van der Waals surface area (Å²) >= 11 is 0. The standard InChI is InChI=1S/C27H33FN4O3/c1-18(2)25(33)30-22-10-11-24(31-12-3-13-32(15-14-31)27(35)20-6-7-20)23(16-22)26(34)29-17-19-4-8-21(28)9-5-19/h4-5,8-11,16,18,20H,3,6-7,12-15,17H2,1-2H3,(H,29,34)(H,30,33). The molecule has 0 unspecified atom stereocenters. The van der Waals surface area contributed by atoms with Gasteiger partial charge in [-0.25, -0.2) is 4.39 Å². The van der Waals surface area contributed by atoms with Crippen molar-refractivity contribution in [1.29, 1.82) is 0 Å². The van der Waals surface area contributed by atoms with Gasteiger partial charge in [0.1, 0.15) is 5.82 Å². The van der Waals surface area contributed by atoms with Crippen LogP contribution in [0, 0.1) is 17.7 Å². The topological polar surface area (TPSA) is 81.8 Å². The largest absolute Gasteiger partial charge is 0.369 e. The van der Waals surface area contributed by atoms with Crippen LogP contribution in [0.5, 0.6) is 0 Å². The Morgan fingerprint density at radius 3 is 2.43 bits per heavy atom. The van der Waals surface area contributed by atoms with E-state index in [4.69, 9.17) is 0 Å². The third-order valence-corrected chi connectivity index (χ3v) is 6.47. The first-order valence-electron chi connectivity index (χ1n) is 12.3. The molecule has 3 amide bonds. The molecule has 2 aliphatic rings. The second-order valence-electron chi connectivity index (χ2n) is 9.63. The molecule has 0 atom stereocenters. The summed E-state index contributed by atoms with van der Waals surface area (Å²) in [4.78, 5) is 42.2. The van der Waals surface area contributed by atoms with Crippen LogP contribution in [0.15, 0.2) is 42.5 Å². The Balaban J connectivity index is 1.53. The van der Waals surface area contributed by atoms with Crippen molar-refractivity contribution in [2.24, 2.45) is 11.8 Å². The Bertz CT molecular complexity index is 1080. The lowest BCUT2D eigenvalue weighted by Gasteiger charge is -2.26. The second-order valence-corrected chi connectivity index (χ2v) is 9.63. The molecule has 186 valence electrons. The quantitative estimate of drug-likeness (QED) is 0.632. The van der Waals surface area contributed by atoms with Crippen LogP contribution in [-0.2, 0) is 16.1 Å². The molecule has 1 saturated carbocycles. The maximum Gasteiger partial charge on any atom is 0.253 e. The zero-order valence-electron chi connectivity index (χ0n) is 20.4. The lowest BCUT2D eigenvalue weighted by molar-refractivity contribution is -0.132. The lowest BCUT2D eigenvalue weighted by atomic mass is 10.1. The summed E-state index contributed by atoms with van der Waals surface area (Å²) in [7, 11) is 0. The first-order chi connectivity index (χ1) is 16.8. The van der Waals surface area contributed by atoms with Crippen LogP contribution in [0.2, 0.25) is 0 Å². The highest BCUT2D eigenvalue weighted by Crippen LogP contribution is 2.32. The number of carbonyl (C=O) groups excluding carboxylic acids is 3. The van der Waals surface area contributed by atoms with Crippen molar-refractivity contribution < 1.29 is 18.8 Å². The monoisotopic (exact) mass is 480 g/mol. The number of amides is 3. The highest BCUT2D eigenvalue weighted by atomic mass is 19.1. The van der Waals surface area contributed by atoms with E-state index < -0.39 is 0 Å². The summed E-state index contributed by atoms with van der Waals surface area (Å²) in [5, 5.41) is 5.79. The molecule has 35 heavy (non-hydrogen) atoms. The van der Waals surface area contributed by atoms with Crippen LogP contribution >= 0.6 is 0 Å². The van der Waals surface area contributed by atoms with Crippen molar-refractivity contribution in [2.75, 3.05) is 36.4 Å². The minimum Gasteiger partial charge on any atom is -0.369 e.